The fourth-order valence-corrected chi connectivity index (χ4v) is 6.17. The molecule has 2 bridgehead atoms. The highest BCUT2D eigenvalue weighted by atomic mass is 19.1. The number of alkyl halides is 1. The van der Waals surface area contributed by atoms with E-state index in [0.29, 0.717) is 31.9 Å². The molecule has 4 saturated heterocycles. The van der Waals surface area contributed by atoms with Gasteiger partial charge in [-0.05, 0) is 53.0 Å². The summed E-state index contributed by atoms with van der Waals surface area (Å²) in [7, 11) is 0. The summed E-state index contributed by atoms with van der Waals surface area (Å²) in [4.78, 5) is 27.9. The molecule has 1 aromatic rings. The molecule has 3 N–H and O–H groups in total. The second-order valence-corrected chi connectivity index (χ2v) is 11.4. The largest absolute Gasteiger partial charge is 0.461 e. The van der Waals surface area contributed by atoms with Gasteiger partial charge in [0.1, 0.15) is 29.9 Å². The lowest BCUT2D eigenvalue weighted by atomic mass is 9.95. The minimum absolute atomic E-state index is 0.00356. The first-order valence-electron chi connectivity index (χ1n) is 12.7. The Morgan fingerprint density at radius 1 is 1.28 bits per heavy atom. The van der Waals surface area contributed by atoms with Gasteiger partial charge in [0, 0.05) is 32.1 Å². The predicted molar refractivity (Wildman–Crippen MR) is 130 cm³/mol. The lowest BCUT2D eigenvalue weighted by Gasteiger charge is -2.41. The molecule has 1 aromatic heterocycles. The number of amides is 1. The number of carbonyl (C=O) groups excluding carboxylic acids is 1. The van der Waals surface area contributed by atoms with Gasteiger partial charge < -0.3 is 25.3 Å². The van der Waals surface area contributed by atoms with Gasteiger partial charge in [0.05, 0.1) is 17.6 Å². The number of oxime groups is 1. The van der Waals surface area contributed by atoms with Crippen molar-refractivity contribution in [2.24, 2.45) is 10.9 Å². The van der Waals surface area contributed by atoms with Gasteiger partial charge in [-0.25, -0.2) is 9.18 Å². The van der Waals surface area contributed by atoms with Crippen LogP contribution in [0, 0.1) is 0 Å². The fourth-order valence-electron chi connectivity index (χ4n) is 6.17. The minimum atomic E-state index is -0.856. The van der Waals surface area contributed by atoms with Crippen molar-refractivity contribution >= 4 is 17.7 Å². The number of hydrogen-bond acceptors (Lipinski definition) is 9. The number of piperazine rings is 1. The number of fused-ring (bicyclic) bond motifs is 3. The standard InChI is InChI=1S/C24H36FN7O4/c1-23(2,3)36-22(33)32-16-5-6-17(32)13-30(12-16)19-9-18(20(26)29-34)27-21(28-19)35-14-24-7-4-8-31(24)11-15(25)10-24/h9,15-17,34H,4-8,10-14H2,1-3H3,(H2,26,29)/t15-,16-,17+,24+/m1/s1. The molecule has 0 saturated carbocycles. The maximum Gasteiger partial charge on any atom is 0.410 e. The first-order valence-corrected chi connectivity index (χ1v) is 12.7. The predicted octanol–water partition coefficient (Wildman–Crippen LogP) is 2.11. The van der Waals surface area contributed by atoms with E-state index < -0.39 is 11.8 Å². The first kappa shape index (κ1) is 24.8. The van der Waals surface area contributed by atoms with Gasteiger partial charge in [-0.2, -0.15) is 9.97 Å². The van der Waals surface area contributed by atoms with Crippen LogP contribution in [0.1, 0.15) is 58.6 Å². The summed E-state index contributed by atoms with van der Waals surface area (Å²) in [5.41, 5.74) is 5.23. The van der Waals surface area contributed by atoms with Gasteiger partial charge in [0.15, 0.2) is 5.84 Å². The average Bonchev–Trinajstić information content (AvgIpc) is 3.43. The van der Waals surface area contributed by atoms with Crippen molar-refractivity contribution in [2.45, 2.75) is 82.3 Å². The molecule has 0 spiro atoms. The van der Waals surface area contributed by atoms with Crippen LogP contribution in [0.3, 0.4) is 0 Å². The molecule has 12 heteroatoms. The summed E-state index contributed by atoms with van der Waals surface area (Å²) >= 11 is 0. The number of nitrogens with two attached hydrogens (primary N) is 1. The van der Waals surface area contributed by atoms with E-state index in [1.165, 1.54) is 0 Å². The highest BCUT2D eigenvalue weighted by molar-refractivity contribution is 5.95. The number of anilines is 1. The van der Waals surface area contributed by atoms with Gasteiger partial charge in [-0.3, -0.25) is 9.80 Å². The van der Waals surface area contributed by atoms with Crippen LogP contribution in [0.15, 0.2) is 11.2 Å². The number of amidine groups is 1. The van der Waals surface area contributed by atoms with E-state index in [1.807, 2.05) is 25.7 Å². The maximum atomic E-state index is 14.2. The third-order valence-electron chi connectivity index (χ3n) is 7.70. The second-order valence-electron chi connectivity index (χ2n) is 11.4. The van der Waals surface area contributed by atoms with Crippen LogP contribution in [0.5, 0.6) is 6.01 Å². The van der Waals surface area contributed by atoms with Gasteiger partial charge in [0.2, 0.25) is 0 Å². The highest BCUT2D eigenvalue weighted by Gasteiger charge is 2.49. The Morgan fingerprint density at radius 2 is 2.00 bits per heavy atom. The van der Waals surface area contributed by atoms with Crippen molar-refractivity contribution < 1.29 is 23.9 Å². The molecule has 4 aliphatic rings. The van der Waals surface area contributed by atoms with E-state index in [1.54, 1.807) is 6.07 Å². The van der Waals surface area contributed by atoms with Gasteiger partial charge >= 0.3 is 12.1 Å². The van der Waals surface area contributed by atoms with Gasteiger partial charge in [-0.1, -0.05) is 5.16 Å². The topological polar surface area (TPSA) is 130 Å². The number of rotatable bonds is 5. The molecule has 198 valence electrons. The molecule has 4 fully saturated rings. The van der Waals surface area contributed by atoms with Crippen LogP contribution >= 0.6 is 0 Å². The highest BCUT2D eigenvalue weighted by Crippen LogP contribution is 2.40. The zero-order valence-electron chi connectivity index (χ0n) is 21.2. The van der Waals surface area contributed by atoms with Crippen LogP contribution in [0.4, 0.5) is 15.0 Å². The number of hydrogen-bond donors (Lipinski definition) is 2. The number of nitrogens with zero attached hydrogens (tertiary/aromatic N) is 6. The van der Waals surface area contributed by atoms with Crippen LogP contribution in [0.2, 0.25) is 0 Å². The maximum absolute atomic E-state index is 14.2. The van der Waals surface area contributed by atoms with E-state index in [0.717, 1.165) is 32.2 Å². The van der Waals surface area contributed by atoms with Crippen molar-refractivity contribution in [3.05, 3.63) is 11.8 Å². The van der Waals surface area contributed by atoms with Crippen molar-refractivity contribution in [1.29, 1.82) is 0 Å². The Labute approximate surface area is 210 Å². The molecule has 5 rings (SSSR count). The summed E-state index contributed by atoms with van der Waals surface area (Å²) in [5.74, 6) is 0.433. The van der Waals surface area contributed by atoms with Crippen LogP contribution in [-0.2, 0) is 4.74 Å². The molecule has 36 heavy (non-hydrogen) atoms. The normalized spacial score (nSPS) is 30.6. The van der Waals surface area contributed by atoms with E-state index >= 15 is 0 Å². The third kappa shape index (κ3) is 4.74. The Bertz CT molecular complexity index is 1020. The monoisotopic (exact) mass is 505 g/mol. The molecule has 4 aliphatic heterocycles. The summed E-state index contributed by atoms with van der Waals surface area (Å²) in [5, 5.41) is 12.4. The van der Waals surface area contributed by atoms with Gasteiger partial charge in [-0.15, -0.1) is 0 Å². The summed E-state index contributed by atoms with van der Waals surface area (Å²) in [6.45, 7) is 8.32. The molecule has 5 heterocycles. The second kappa shape index (κ2) is 9.20. The zero-order valence-corrected chi connectivity index (χ0v) is 21.2. The lowest BCUT2D eigenvalue weighted by molar-refractivity contribution is 0.0122. The summed E-state index contributed by atoms with van der Waals surface area (Å²) in [6, 6.07) is 1.77. The summed E-state index contributed by atoms with van der Waals surface area (Å²) in [6.07, 6.45) is 2.94. The SMILES string of the molecule is CC(C)(C)OC(=O)N1[C@@H]2CC[C@H]1CN(c1cc(/C(N)=N/O)nc(OC[C@@]34CCCN3C[C@H](F)C4)n1)C2. The third-order valence-corrected chi connectivity index (χ3v) is 7.70. The van der Waals surface area contributed by atoms with Crippen LogP contribution in [-0.4, -0.2) is 99.1 Å². The number of ether oxygens (including phenoxy) is 2. The smallest absolute Gasteiger partial charge is 0.410 e. The van der Waals surface area contributed by atoms with E-state index in [-0.39, 0.29) is 47.9 Å². The van der Waals surface area contributed by atoms with Crippen molar-refractivity contribution in [3.63, 3.8) is 0 Å². The van der Waals surface area contributed by atoms with E-state index in [2.05, 4.69) is 24.9 Å². The fraction of sp³-hybridized carbons (Fsp3) is 0.750. The molecular weight excluding hydrogens is 469 g/mol. The average molecular weight is 506 g/mol. The van der Waals surface area contributed by atoms with Crippen LogP contribution < -0.4 is 15.4 Å². The number of carbonyl (C=O) groups is 1. The van der Waals surface area contributed by atoms with E-state index in [4.69, 9.17) is 15.2 Å². The Kier molecular flexibility index (Phi) is 6.34. The molecule has 11 nitrogen and oxygen atoms in total. The van der Waals surface area contributed by atoms with Crippen molar-refractivity contribution in [3.8, 4) is 6.01 Å². The van der Waals surface area contributed by atoms with Crippen molar-refractivity contribution in [2.75, 3.05) is 37.7 Å². The molecule has 4 atom stereocenters. The Balaban J connectivity index is 1.35. The minimum Gasteiger partial charge on any atom is -0.461 e. The molecule has 0 unspecified atom stereocenters. The molecule has 1 amide bonds. The number of halogens is 1. The summed E-state index contributed by atoms with van der Waals surface area (Å²) < 4.78 is 25.9. The molecular formula is C24H36FN7O4. The first-order chi connectivity index (χ1) is 17.1. The quantitative estimate of drug-likeness (QED) is 0.267. The Morgan fingerprint density at radius 3 is 2.67 bits per heavy atom. The zero-order chi connectivity index (χ0) is 25.7. The molecule has 0 aliphatic carbocycles. The molecule has 0 aromatic carbocycles. The molecule has 0 radical (unpaired) electrons. The number of aromatic nitrogens is 2. The van der Waals surface area contributed by atoms with Crippen LogP contribution in [0.25, 0.3) is 0 Å². The van der Waals surface area contributed by atoms with Gasteiger partial charge in [0.25, 0.3) is 0 Å². The van der Waals surface area contributed by atoms with E-state index in [9.17, 15) is 14.4 Å². The lowest BCUT2D eigenvalue weighted by Crippen LogP contribution is -2.57. The van der Waals surface area contributed by atoms with Crippen molar-refractivity contribution in [1.82, 2.24) is 19.8 Å². The Hall–Kier alpha value is -2.89.